The van der Waals surface area contributed by atoms with E-state index in [0.29, 0.717) is 29.9 Å². The molecular weight excluding hydrogens is 535 g/mol. The van der Waals surface area contributed by atoms with Crippen LogP contribution in [0.4, 0.5) is 4.39 Å². The van der Waals surface area contributed by atoms with Gasteiger partial charge in [0.1, 0.15) is 5.75 Å². The molecule has 9 heteroatoms. The zero-order valence-electron chi connectivity index (χ0n) is 23.0. The fraction of sp³-hybridized carbons (Fsp3) is 0.581. The molecule has 6 unspecified atom stereocenters. The summed E-state index contributed by atoms with van der Waals surface area (Å²) in [5, 5.41) is 0. The van der Waals surface area contributed by atoms with Crippen LogP contribution >= 0.6 is 0 Å². The molecule has 3 fully saturated rings. The van der Waals surface area contributed by atoms with Gasteiger partial charge < -0.3 is 14.2 Å². The number of hydrogen-bond donors (Lipinski definition) is 1. The first-order valence-electron chi connectivity index (χ1n) is 14.6. The second-order valence-corrected chi connectivity index (χ2v) is 13.7. The summed E-state index contributed by atoms with van der Waals surface area (Å²) >= 11 is 0. The van der Waals surface area contributed by atoms with E-state index in [-0.39, 0.29) is 34.0 Å². The van der Waals surface area contributed by atoms with Crippen LogP contribution in [0.25, 0.3) is 0 Å². The Hall–Kier alpha value is -2.49. The molecule has 2 bridgehead atoms. The van der Waals surface area contributed by atoms with Crippen molar-refractivity contribution in [1.82, 2.24) is 0 Å². The Bertz CT molecular complexity index is 1400. The minimum Gasteiger partial charge on any atom is -0.462 e. The summed E-state index contributed by atoms with van der Waals surface area (Å²) in [6.45, 7) is 3.96. The molecule has 1 N–H and O–H groups in total. The SMILES string of the molecule is CC(C)C(Oc1cc(C(=O)Oc2ccc(S(=O)(=O)O)c3c2CCCC3)ccc1F)OC1CC2CC1C1CCCC21. The molecule has 2 aromatic carbocycles. The van der Waals surface area contributed by atoms with Crippen molar-refractivity contribution in [3.05, 3.63) is 52.8 Å². The number of carbonyl (C=O) groups is 1. The monoisotopic (exact) mass is 572 g/mol. The Morgan fingerprint density at radius 2 is 1.70 bits per heavy atom. The maximum absolute atomic E-state index is 14.9. The molecular formula is C31H37FO7S. The first kappa shape index (κ1) is 27.7. The van der Waals surface area contributed by atoms with E-state index in [9.17, 15) is 22.2 Å². The Balaban J connectivity index is 1.19. The van der Waals surface area contributed by atoms with Crippen LogP contribution in [0.5, 0.6) is 11.5 Å². The number of benzene rings is 2. The quantitative estimate of drug-likeness (QED) is 0.170. The molecule has 40 heavy (non-hydrogen) atoms. The number of carbonyl (C=O) groups excluding carboxylic acids is 1. The van der Waals surface area contributed by atoms with Gasteiger partial charge in [0.05, 0.1) is 16.6 Å². The lowest BCUT2D eigenvalue weighted by molar-refractivity contribution is -0.163. The molecule has 0 amide bonds. The Kier molecular flexibility index (Phi) is 7.42. The van der Waals surface area contributed by atoms with Crippen molar-refractivity contribution in [2.45, 2.75) is 88.9 Å². The maximum Gasteiger partial charge on any atom is 0.343 e. The minimum absolute atomic E-state index is 0.0265. The molecule has 7 nitrogen and oxygen atoms in total. The molecule has 4 aliphatic carbocycles. The van der Waals surface area contributed by atoms with Crippen LogP contribution in [0, 0.1) is 35.4 Å². The topological polar surface area (TPSA) is 99.1 Å². The number of hydrogen-bond acceptors (Lipinski definition) is 6. The molecule has 4 aliphatic rings. The number of rotatable bonds is 8. The molecule has 0 spiro atoms. The molecule has 6 rings (SSSR count). The average molecular weight is 573 g/mol. The van der Waals surface area contributed by atoms with E-state index in [4.69, 9.17) is 14.2 Å². The van der Waals surface area contributed by atoms with Crippen molar-refractivity contribution in [2.24, 2.45) is 29.6 Å². The van der Waals surface area contributed by atoms with E-state index in [1.54, 1.807) is 0 Å². The number of esters is 1. The van der Waals surface area contributed by atoms with E-state index >= 15 is 0 Å². The molecule has 0 heterocycles. The van der Waals surface area contributed by atoms with Gasteiger partial charge in [0.2, 0.25) is 6.29 Å². The Labute approximate surface area is 235 Å². The third-order valence-electron chi connectivity index (χ3n) is 9.56. The Morgan fingerprint density at radius 3 is 2.45 bits per heavy atom. The van der Waals surface area contributed by atoms with Crippen molar-refractivity contribution >= 4 is 16.1 Å². The molecule has 0 aliphatic heterocycles. The first-order chi connectivity index (χ1) is 19.1. The summed E-state index contributed by atoms with van der Waals surface area (Å²) in [6, 6.07) is 6.50. The number of fused-ring (bicyclic) bond motifs is 6. The zero-order chi connectivity index (χ0) is 28.2. The van der Waals surface area contributed by atoms with E-state index in [1.165, 1.54) is 56.0 Å². The van der Waals surface area contributed by atoms with Gasteiger partial charge in [-0.25, -0.2) is 9.18 Å². The molecule has 2 aromatic rings. The summed E-state index contributed by atoms with van der Waals surface area (Å²) in [6.07, 6.45) is 8.21. The van der Waals surface area contributed by atoms with Crippen molar-refractivity contribution in [3.63, 3.8) is 0 Å². The highest BCUT2D eigenvalue weighted by atomic mass is 32.2. The molecule has 0 aromatic heterocycles. The highest BCUT2D eigenvalue weighted by molar-refractivity contribution is 7.85. The van der Waals surface area contributed by atoms with Crippen molar-refractivity contribution in [3.8, 4) is 11.5 Å². The molecule has 0 saturated heterocycles. The summed E-state index contributed by atoms with van der Waals surface area (Å²) in [5.41, 5.74) is 1.18. The lowest BCUT2D eigenvalue weighted by Crippen LogP contribution is -2.37. The smallest absolute Gasteiger partial charge is 0.343 e. The minimum atomic E-state index is -4.40. The van der Waals surface area contributed by atoms with Crippen LogP contribution in [-0.2, 0) is 27.7 Å². The van der Waals surface area contributed by atoms with Gasteiger partial charge in [-0.05, 0) is 116 Å². The normalized spacial score (nSPS) is 27.9. The van der Waals surface area contributed by atoms with Gasteiger partial charge in [-0.15, -0.1) is 0 Å². The van der Waals surface area contributed by atoms with Gasteiger partial charge in [-0.3, -0.25) is 4.55 Å². The van der Waals surface area contributed by atoms with E-state index < -0.39 is 28.2 Å². The largest absolute Gasteiger partial charge is 0.462 e. The maximum atomic E-state index is 14.9. The summed E-state index contributed by atoms with van der Waals surface area (Å²) < 4.78 is 66.5. The van der Waals surface area contributed by atoms with Crippen molar-refractivity contribution < 1.29 is 36.4 Å². The average Bonchev–Trinajstić information content (AvgIpc) is 3.63. The second kappa shape index (κ2) is 10.7. The van der Waals surface area contributed by atoms with Gasteiger partial charge in [-0.1, -0.05) is 20.3 Å². The molecule has 0 radical (unpaired) electrons. The fourth-order valence-electron chi connectivity index (χ4n) is 7.80. The van der Waals surface area contributed by atoms with Gasteiger partial charge in [-0.2, -0.15) is 8.42 Å². The van der Waals surface area contributed by atoms with E-state index in [2.05, 4.69) is 0 Å². The summed E-state index contributed by atoms with van der Waals surface area (Å²) in [4.78, 5) is 13.0. The van der Waals surface area contributed by atoms with Crippen LogP contribution < -0.4 is 9.47 Å². The fourth-order valence-corrected chi connectivity index (χ4v) is 8.58. The molecule has 6 atom stereocenters. The van der Waals surface area contributed by atoms with Gasteiger partial charge in [0.15, 0.2) is 11.6 Å². The molecule has 3 saturated carbocycles. The third kappa shape index (κ3) is 5.16. The number of ether oxygens (including phenoxy) is 3. The lowest BCUT2D eigenvalue weighted by atomic mass is 9.80. The van der Waals surface area contributed by atoms with Gasteiger partial charge in [0.25, 0.3) is 10.1 Å². The predicted octanol–water partition coefficient (Wildman–Crippen LogP) is 6.37. The first-order valence-corrected chi connectivity index (χ1v) is 16.0. The third-order valence-corrected chi connectivity index (χ3v) is 10.5. The van der Waals surface area contributed by atoms with E-state index in [1.807, 2.05) is 13.8 Å². The highest BCUT2D eigenvalue weighted by Gasteiger charge is 2.54. The predicted molar refractivity (Wildman–Crippen MR) is 145 cm³/mol. The van der Waals surface area contributed by atoms with Crippen LogP contribution in [0.3, 0.4) is 0 Å². The highest BCUT2D eigenvalue weighted by Crippen LogP contribution is 2.59. The standard InChI is InChI=1S/C31H37FO7S/c1-17(2)31(38-27-16-19-14-24(27)21-9-5-8-20(19)21)39-28-15-18(10-11-25(28)32)30(33)37-26-12-13-29(40(34,35)36)23-7-4-3-6-22(23)26/h10-13,15,17,19-21,24,27,31H,3-9,14,16H2,1-2H3,(H,34,35,36). The van der Waals surface area contributed by atoms with Crippen LogP contribution in [0.1, 0.15) is 80.3 Å². The van der Waals surface area contributed by atoms with Crippen LogP contribution in [-0.4, -0.2) is 31.3 Å². The lowest BCUT2D eigenvalue weighted by Gasteiger charge is -2.35. The van der Waals surface area contributed by atoms with Gasteiger partial charge in [0, 0.05) is 5.92 Å². The Morgan fingerprint density at radius 1 is 0.950 bits per heavy atom. The van der Waals surface area contributed by atoms with Gasteiger partial charge >= 0.3 is 5.97 Å². The van der Waals surface area contributed by atoms with Crippen molar-refractivity contribution in [1.29, 1.82) is 0 Å². The summed E-state index contributed by atoms with van der Waals surface area (Å²) in [5.74, 6) is 1.70. The summed E-state index contributed by atoms with van der Waals surface area (Å²) in [7, 11) is -4.40. The van der Waals surface area contributed by atoms with Crippen LogP contribution in [0.15, 0.2) is 35.2 Å². The van der Waals surface area contributed by atoms with Crippen LogP contribution in [0.2, 0.25) is 0 Å². The van der Waals surface area contributed by atoms with Crippen molar-refractivity contribution in [2.75, 3.05) is 0 Å². The molecule has 216 valence electrons. The zero-order valence-corrected chi connectivity index (χ0v) is 23.8. The van der Waals surface area contributed by atoms with E-state index in [0.717, 1.165) is 37.0 Å². The second-order valence-electron chi connectivity index (χ2n) is 12.3. The number of halogens is 1.